The Morgan fingerprint density at radius 3 is 2.74 bits per heavy atom. The molecule has 0 atom stereocenters. The zero-order valence-electron chi connectivity index (χ0n) is 16.9. The maximum atomic E-state index is 14.2. The van der Waals surface area contributed by atoms with Gasteiger partial charge in [-0.25, -0.2) is 4.39 Å². The van der Waals surface area contributed by atoms with Crippen molar-refractivity contribution in [3.63, 3.8) is 0 Å². The molecule has 6 nitrogen and oxygen atoms in total. The van der Waals surface area contributed by atoms with Gasteiger partial charge in [-0.3, -0.25) is 19.0 Å². The van der Waals surface area contributed by atoms with Crippen LogP contribution in [-0.2, 0) is 20.9 Å². The van der Waals surface area contributed by atoms with E-state index in [1.807, 2.05) is 19.1 Å². The number of carbonyl (C=O) groups is 2. The molecule has 1 aliphatic heterocycles. The summed E-state index contributed by atoms with van der Waals surface area (Å²) in [5.74, 6) is -1.43. The highest BCUT2D eigenvalue weighted by Crippen LogP contribution is 2.30. The lowest BCUT2D eigenvalue weighted by Crippen LogP contribution is -2.36. The van der Waals surface area contributed by atoms with Crippen molar-refractivity contribution in [3.05, 3.63) is 84.5 Å². The molecule has 31 heavy (non-hydrogen) atoms. The van der Waals surface area contributed by atoms with E-state index in [9.17, 15) is 18.8 Å². The molecule has 158 valence electrons. The van der Waals surface area contributed by atoms with Crippen LogP contribution >= 0.6 is 11.3 Å². The number of rotatable bonds is 4. The lowest BCUT2D eigenvalue weighted by atomic mass is 10.1. The van der Waals surface area contributed by atoms with E-state index in [-0.39, 0.29) is 29.2 Å². The first-order valence-electron chi connectivity index (χ1n) is 9.67. The molecule has 1 amide bonds. The third-order valence-corrected chi connectivity index (χ3v) is 5.96. The molecule has 1 aliphatic rings. The number of anilines is 1. The van der Waals surface area contributed by atoms with Crippen LogP contribution in [0.25, 0.3) is 11.6 Å². The summed E-state index contributed by atoms with van der Waals surface area (Å²) in [7, 11) is 0. The highest BCUT2D eigenvalue weighted by atomic mass is 32.1. The van der Waals surface area contributed by atoms with Crippen molar-refractivity contribution < 1.29 is 18.7 Å². The predicted molar refractivity (Wildman–Crippen MR) is 117 cm³/mol. The van der Waals surface area contributed by atoms with Crippen molar-refractivity contribution in [2.75, 3.05) is 11.9 Å². The Morgan fingerprint density at radius 1 is 1.23 bits per heavy atom. The number of benzene rings is 2. The number of halogens is 1. The van der Waals surface area contributed by atoms with Crippen LogP contribution in [-0.4, -0.2) is 23.1 Å². The average Bonchev–Trinajstić information content (AvgIpc) is 3.20. The highest BCUT2D eigenvalue weighted by Gasteiger charge is 2.27. The summed E-state index contributed by atoms with van der Waals surface area (Å²) in [6.07, 6.45) is 1.43. The second-order valence-corrected chi connectivity index (χ2v) is 8.04. The molecule has 0 saturated heterocycles. The van der Waals surface area contributed by atoms with E-state index < -0.39 is 17.3 Å². The molecule has 0 spiro atoms. The van der Waals surface area contributed by atoms with Gasteiger partial charge in [-0.15, -0.1) is 11.3 Å². The Labute approximate surface area is 180 Å². The van der Waals surface area contributed by atoms with Crippen LogP contribution in [0.2, 0.25) is 0 Å². The number of nitrogens with one attached hydrogen (secondary N) is 1. The fourth-order valence-electron chi connectivity index (χ4n) is 3.41. The van der Waals surface area contributed by atoms with E-state index in [4.69, 9.17) is 4.74 Å². The SMILES string of the molecule is CCOC(=O)Cn1c(=O)/c(=C/c2ccccc2F)s/c1=C1/C(=O)Nc2ccc(C)cc21. The molecule has 1 aromatic heterocycles. The van der Waals surface area contributed by atoms with E-state index in [1.165, 1.54) is 16.7 Å². The van der Waals surface area contributed by atoms with Crippen LogP contribution in [0.1, 0.15) is 23.6 Å². The standard InChI is InChI=1S/C23H19FN2O4S/c1-3-30-19(27)12-26-22(29)18(11-14-6-4-5-7-16(14)24)31-23(26)20-15-10-13(2)8-9-17(15)25-21(20)28/h4-11H,3,12H2,1-2H3,(H,25,28)/b18-11-,23-20+. The van der Waals surface area contributed by atoms with Gasteiger partial charge in [0.05, 0.1) is 16.7 Å². The molecular weight excluding hydrogens is 419 g/mol. The highest BCUT2D eigenvalue weighted by molar-refractivity contribution is 7.07. The van der Waals surface area contributed by atoms with Gasteiger partial charge in [-0.2, -0.15) is 0 Å². The Bertz CT molecular complexity index is 1390. The normalized spacial score (nSPS) is 15.1. The lowest BCUT2D eigenvalue weighted by Gasteiger charge is -2.04. The van der Waals surface area contributed by atoms with Crippen LogP contribution in [0.3, 0.4) is 0 Å². The number of hydrogen-bond donors (Lipinski definition) is 1. The largest absolute Gasteiger partial charge is 0.465 e. The molecule has 0 fully saturated rings. The number of thiazole rings is 1. The smallest absolute Gasteiger partial charge is 0.326 e. The van der Waals surface area contributed by atoms with Gasteiger partial charge in [-0.1, -0.05) is 29.8 Å². The number of aryl methyl sites for hydroxylation is 1. The summed E-state index contributed by atoms with van der Waals surface area (Å²) in [5, 5.41) is 2.80. The number of fused-ring (bicyclic) bond motifs is 1. The first kappa shape index (κ1) is 20.7. The van der Waals surface area contributed by atoms with Crippen LogP contribution < -0.4 is 20.1 Å². The number of esters is 1. The van der Waals surface area contributed by atoms with Gasteiger partial charge >= 0.3 is 5.97 Å². The van der Waals surface area contributed by atoms with Crippen molar-refractivity contribution in [2.24, 2.45) is 0 Å². The molecule has 0 unspecified atom stereocenters. The van der Waals surface area contributed by atoms with E-state index in [1.54, 1.807) is 31.2 Å². The molecular formula is C23H19FN2O4S. The topological polar surface area (TPSA) is 77.4 Å². The Hall–Kier alpha value is -3.52. The zero-order chi connectivity index (χ0) is 22.1. The lowest BCUT2D eigenvalue weighted by molar-refractivity contribution is -0.143. The summed E-state index contributed by atoms with van der Waals surface area (Å²) in [4.78, 5) is 38.1. The Kier molecular flexibility index (Phi) is 5.56. The second kappa shape index (κ2) is 8.31. The van der Waals surface area contributed by atoms with Gasteiger partial charge in [0.2, 0.25) is 0 Å². The van der Waals surface area contributed by atoms with Crippen molar-refractivity contribution in [3.8, 4) is 0 Å². The summed E-state index contributed by atoms with van der Waals surface area (Å²) < 4.78 is 20.9. The third kappa shape index (κ3) is 3.94. The molecule has 4 rings (SSSR count). The number of amides is 1. The molecule has 8 heteroatoms. The van der Waals surface area contributed by atoms with Crippen LogP contribution in [0.5, 0.6) is 0 Å². The van der Waals surface area contributed by atoms with Gasteiger partial charge < -0.3 is 10.1 Å². The molecule has 0 saturated carbocycles. The molecule has 0 bridgehead atoms. The minimum Gasteiger partial charge on any atom is -0.465 e. The predicted octanol–water partition coefficient (Wildman–Crippen LogP) is 1.90. The van der Waals surface area contributed by atoms with Crippen LogP contribution in [0.4, 0.5) is 10.1 Å². The van der Waals surface area contributed by atoms with Crippen molar-refractivity contribution in [1.82, 2.24) is 4.57 Å². The van der Waals surface area contributed by atoms with Gasteiger partial charge in [0, 0.05) is 16.8 Å². The number of ether oxygens (including phenoxy) is 1. The zero-order valence-corrected chi connectivity index (χ0v) is 17.7. The van der Waals surface area contributed by atoms with E-state index in [0.29, 0.717) is 21.5 Å². The maximum Gasteiger partial charge on any atom is 0.326 e. The van der Waals surface area contributed by atoms with Crippen molar-refractivity contribution >= 4 is 40.5 Å². The molecule has 1 N–H and O–H groups in total. The van der Waals surface area contributed by atoms with Crippen LogP contribution in [0, 0.1) is 12.7 Å². The average molecular weight is 438 g/mol. The molecule has 0 aliphatic carbocycles. The van der Waals surface area contributed by atoms with Gasteiger partial charge in [0.1, 0.15) is 17.0 Å². The first-order chi connectivity index (χ1) is 14.9. The summed E-state index contributed by atoms with van der Waals surface area (Å²) in [6.45, 7) is 3.39. The molecule has 2 aromatic carbocycles. The second-order valence-electron chi connectivity index (χ2n) is 7.01. The van der Waals surface area contributed by atoms with Gasteiger partial charge in [0.25, 0.3) is 11.5 Å². The number of hydrogen-bond acceptors (Lipinski definition) is 5. The summed E-state index contributed by atoms with van der Waals surface area (Å²) in [5.41, 5.74) is 2.29. The van der Waals surface area contributed by atoms with E-state index >= 15 is 0 Å². The van der Waals surface area contributed by atoms with Crippen molar-refractivity contribution in [2.45, 2.75) is 20.4 Å². The molecule has 3 aromatic rings. The quantitative estimate of drug-likeness (QED) is 0.632. The Morgan fingerprint density at radius 2 is 2.00 bits per heavy atom. The molecule has 0 radical (unpaired) electrons. The summed E-state index contributed by atoms with van der Waals surface area (Å²) in [6, 6.07) is 11.6. The van der Waals surface area contributed by atoms with E-state index in [2.05, 4.69) is 5.32 Å². The summed E-state index contributed by atoms with van der Waals surface area (Å²) >= 11 is 1.04. The molecule has 2 heterocycles. The van der Waals surface area contributed by atoms with Crippen molar-refractivity contribution in [1.29, 1.82) is 0 Å². The number of aromatic nitrogens is 1. The Balaban J connectivity index is 2.03. The monoisotopic (exact) mass is 438 g/mol. The minimum absolute atomic E-state index is 0.167. The van der Waals surface area contributed by atoms with Gasteiger partial charge in [-0.05, 0) is 38.1 Å². The number of nitrogens with zero attached hydrogens (tertiary/aromatic N) is 1. The fraction of sp³-hybridized carbons (Fsp3) is 0.174. The minimum atomic E-state index is -0.593. The van der Waals surface area contributed by atoms with Gasteiger partial charge in [0.15, 0.2) is 0 Å². The third-order valence-electron chi connectivity index (χ3n) is 4.83. The maximum absolute atomic E-state index is 14.2. The fourth-order valence-corrected chi connectivity index (χ4v) is 4.57. The van der Waals surface area contributed by atoms with Crippen LogP contribution in [0.15, 0.2) is 47.3 Å². The number of carbonyl (C=O) groups excluding carboxylic acids is 2. The first-order valence-corrected chi connectivity index (χ1v) is 10.5. The van der Waals surface area contributed by atoms with E-state index in [0.717, 1.165) is 16.9 Å².